The molecule has 2 heterocycles. The van der Waals surface area contributed by atoms with Gasteiger partial charge in [0.25, 0.3) is 0 Å². The molecule has 160 valence electrons. The van der Waals surface area contributed by atoms with Crippen LogP contribution in [0.25, 0.3) is 0 Å². The molecule has 1 aromatic carbocycles. The van der Waals surface area contributed by atoms with Crippen LogP contribution in [0.2, 0.25) is 10.0 Å². The number of carboxylic acid groups (broad SMARTS) is 1. The number of nitrogens with one attached hydrogen (secondary N) is 1. The maximum atomic E-state index is 12.2. The molecule has 3 rings (SSSR count). The van der Waals surface area contributed by atoms with E-state index in [4.69, 9.17) is 33.0 Å². The number of benzene rings is 1. The molecule has 30 heavy (non-hydrogen) atoms. The molecule has 1 atom stereocenters. The van der Waals surface area contributed by atoms with Crippen LogP contribution in [0.4, 0.5) is 0 Å². The van der Waals surface area contributed by atoms with E-state index in [0.29, 0.717) is 34.6 Å². The number of halogens is 2. The van der Waals surface area contributed by atoms with Crippen LogP contribution in [0, 0.1) is 0 Å². The van der Waals surface area contributed by atoms with Gasteiger partial charge in [-0.1, -0.05) is 29.3 Å². The average molecular weight is 470 g/mol. The molecule has 2 N–H and O–H groups in total. The normalized spacial score (nSPS) is 16.9. The molecule has 0 aliphatic carbocycles. The van der Waals surface area contributed by atoms with Crippen molar-refractivity contribution in [2.24, 2.45) is 0 Å². The first-order chi connectivity index (χ1) is 14.4. The van der Waals surface area contributed by atoms with Crippen molar-refractivity contribution in [3.05, 3.63) is 57.8 Å². The van der Waals surface area contributed by atoms with E-state index >= 15 is 0 Å². The van der Waals surface area contributed by atoms with Crippen molar-refractivity contribution in [2.45, 2.75) is 17.5 Å². The van der Waals surface area contributed by atoms with Gasteiger partial charge in [-0.15, -0.1) is 11.8 Å². The standard InChI is InChI=1S/C20H21Cl2N3O4S/c21-17-2-1-13(5-18(17)22)10-25-3-4-29-15(11-25)8-24-19(26)12-30-16-6-14(20(27)28)7-23-9-16/h1-2,5-7,9,15H,3-4,8,10-12H2,(H,24,26)(H,27,28). The summed E-state index contributed by atoms with van der Waals surface area (Å²) < 4.78 is 5.76. The lowest BCUT2D eigenvalue weighted by Crippen LogP contribution is -2.47. The van der Waals surface area contributed by atoms with E-state index in [2.05, 4.69) is 15.2 Å². The quantitative estimate of drug-likeness (QED) is 0.573. The van der Waals surface area contributed by atoms with Crippen LogP contribution in [0.15, 0.2) is 41.6 Å². The van der Waals surface area contributed by atoms with Crippen LogP contribution in [-0.2, 0) is 16.1 Å². The van der Waals surface area contributed by atoms with E-state index in [1.54, 1.807) is 6.07 Å². The first kappa shape index (κ1) is 22.8. The molecule has 1 aromatic heterocycles. The zero-order chi connectivity index (χ0) is 21.5. The van der Waals surface area contributed by atoms with Gasteiger partial charge in [-0.2, -0.15) is 0 Å². The first-order valence-corrected chi connectivity index (χ1v) is 11.0. The number of carbonyl (C=O) groups is 2. The maximum Gasteiger partial charge on any atom is 0.337 e. The Bertz CT molecular complexity index is 915. The molecule has 1 aliphatic heterocycles. The number of thioether (sulfide) groups is 1. The van der Waals surface area contributed by atoms with E-state index in [0.717, 1.165) is 18.7 Å². The summed E-state index contributed by atoms with van der Waals surface area (Å²) in [5.74, 6) is -1.02. The number of hydrogen-bond donors (Lipinski definition) is 2. The minimum absolute atomic E-state index is 0.0954. The summed E-state index contributed by atoms with van der Waals surface area (Å²) in [6.07, 6.45) is 2.71. The Morgan fingerprint density at radius 2 is 2.10 bits per heavy atom. The summed E-state index contributed by atoms with van der Waals surface area (Å²) in [4.78, 5) is 29.9. The third-order valence-electron chi connectivity index (χ3n) is 4.47. The van der Waals surface area contributed by atoms with E-state index in [-0.39, 0.29) is 23.3 Å². The molecule has 0 bridgehead atoms. The predicted octanol–water partition coefficient (Wildman–Crippen LogP) is 3.20. The van der Waals surface area contributed by atoms with Crippen molar-refractivity contribution in [3.8, 4) is 0 Å². The Kier molecular flexibility index (Phi) is 8.35. The number of carboxylic acids is 1. The summed E-state index contributed by atoms with van der Waals surface area (Å²) in [5.41, 5.74) is 1.17. The van der Waals surface area contributed by atoms with Crippen LogP contribution in [0.1, 0.15) is 15.9 Å². The topological polar surface area (TPSA) is 91.8 Å². The zero-order valence-corrected chi connectivity index (χ0v) is 18.3. The highest BCUT2D eigenvalue weighted by atomic mass is 35.5. The van der Waals surface area contributed by atoms with E-state index in [1.165, 1.54) is 30.2 Å². The Hall–Kier alpha value is -1.84. The number of amides is 1. The molecule has 1 fully saturated rings. The van der Waals surface area contributed by atoms with Gasteiger partial charge in [0, 0.05) is 43.5 Å². The van der Waals surface area contributed by atoms with Crippen LogP contribution < -0.4 is 5.32 Å². The SMILES string of the molecule is O=C(CSc1cncc(C(=O)O)c1)NCC1CN(Cc2ccc(Cl)c(Cl)c2)CCO1. The molecular weight excluding hydrogens is 449 g/mol. The molecular formula is C20H21Cl2N3O4S. The number of aromatic carboxylic acids is 1. The molecule has 2 aromatic rings. The van der Waals surface area contributed by atoms with Crippen molar-refractivity contribution in [2.75, 3.05) is 32.0 Å². The fraction of sp³-hybridized carbons (Fsp3) is 0.350. The van der Waals surface area contributed by atoms with Gasteiger partial charge in [0.05, 0.1) is 34.1 Å². The number of nitrogens with zero attached hydrogens (tertiary/aromatic N) is 2. The summed E-state index contributed by atoms with van der Waals surface area (Å²) in [5, 5.41) is 12.9. The molecule has 0 spiro atoms. The van der Waals surface area contributed by atoms with Gasteiger partial charge < -0.3 is 15.2 Å². The molecule has 10 heteroatoms. The fourth-order valence-electron chi connectivity index (χ4n) is 2.99. The molecule has 1 aliphatic rings. The van der Waals surface area contributed by atoms with Gasteiger partial charge in [-0.3, -0.25) is 14.7 Å². The highest BCUT2D eigenvalue weighted by Crippen LogP contribution is 2.23. The van der Waals surface area contributed by atoms with Crippen molar-refractivity contribution in [3.63, 3.8) is 0 Å². The molecule has 1 saturated heterocycles. The Morgan fingerprint density at radius 3 is 2.87 bits per heavy atom. The van der Waals surface area contributed by atoms with Gasteiger partial charge in [0.1, 0.15) is 0 Å². The Labute approximate surface area is 188 Å². The molecule has 1 unspecified atom stereocenters. The molecule has 0 radical (unpaired) electrons. The average Bonchev–Trinajstić information content (AvgIpc) is 2.74. The van der Waals surface area contributed by atoms with Crippen molar-refractivity contribution >= 4 is 46.8 Å². The summed E-state index contributed by atoms with van der Waals surface area (Å²) >= 11 is 13.3. The number of rotatable bonds is 8. The summed E-state index contributed by atoms with van der Waals surface area (Å²) in [6.45, 7) is 3.22. The van der Waals surface area contributed by atoms with Gasteiger partial charge in [-0.25, -0.2) is 4.79 Å². The van der Waals surface area contributed by atoms with Crippen LogP contribution in [0.5, 0.6) is 0 Å². The van der Waals surface area contributed by atoms with Crippen molar-refractivity contribution in [1.29, 1.82) is 0 Å². The molecule has 0 saturated carbocycles. The Balaban J connectivity index is 1.42. The first-order valence-electron chi connectivity index (χ1n) is 9.26. The van der Waals surface area contributed by atoms with E-state index in [9.17, 15) is 9.59 Å². The number of aromatic nitrogens is 1. The van der Waals surface area contributed by atoms with Crippen LogP contribution in [-0.4, -0.2) is 65.0 Å². The largest absolute Gasteiger partial charge is 0.478 e. The minimum atomic E-state index is -1.05. The van der Waals surface area contributed by atoms with Gasteiger partial charge in [0.15, 0.2) is 0 Å². The minimum Gasteiger partial charge on any atom is -0.478 e. The fourth-order valence-corrected chi connectivity index (χ4v) is 4.05. The molecule has 7 nitrogen and oxygen atoms in total. The number of pyridine rings is 1. The van der Waals surface area contributed by atoms with Gasteiger partial charge >= 0.3 is 5.97 Å². The monoisotopic (exact) mass is 469 g/mol. The third kappa shape index (κ3) is 6.85. The maximum absolute atomic E-state index is 12.2. The van der Waals surface area contributed by atoms with Gasteiger partial charge in [0.2, 0.25) is 5.91 Å². The molecule has 1 amide bonds. The van der Waals surface area contributed by atoms with E-state index in [1.807, 2.05) is 12.1 Å². The number of ether oxygens (including phenoxy) is 1. The third-order valence-corrected chi connectivity index (χ3v) is 6.17. The summed E-state index contributed by atoms with van der Waals surface area (Å²) in [6, 6.07) is 7.10. The summed E-state index contributed by atoms with van der Waals surface area (Å²) in [7, 11) is 0. The second-order valence-electron chi connectivity index (χ2n) is 6.78. The highest BCUT2D eigenvalue weighted by molar-refractivity contribution is 8.00. The van der Waals surface area contributed by atoms with Crippen LogP contribution in [0.3, 0.4) is 0 Å². The predicted molar refractivity (Wildman–Crippen MR) is 116 cm³/mol. The number of carbonyl (C=O) groups excluding carboxylic acids is 1. The lowest BCUT2D eigenvalue weighted by Gasteiger charge is -2.33. The Morgan fingerprint density at radius 1 is 1.27 bits per heavy atom. The van der Waals surface area contributed by atoms with E-state index < -0.39 is 5.97 Å². The van der Waals surface area contributed by atoms with Crippen LogP contribution >= 0.6 is 35.0 Å². The number of morpholine rings is 1. The smallest absolute Gasteiger partial charge is 0.337 e. The zero-order valence-electron chi connectivity index (χ0n) is 16.0. The lowest BCUT2D eigenvalue weighted by atomic mass is 10.2. The second-order valence-corrected chi connectivity index (χ2v) is 8.65. The number of hydrogen-bond acceptors (Lipinski definition) is 6. The second kappa shape index (κ2) is 11.0. The van der Waals surface area contributed by atoms with Gasteiger partial charge in [-0.05, 0) is 23.8 Å². The highest BCUT2D eigenvalue weighted by Gasteiger charge is 2.21. The van der Waals surface area contributed by atoms with Crippen molar-refractivity contribution < 1.29 is 19.4 Å². The van der Waals surface area contributed by atoms with Crippen molar-refractivity contribution in [1.82, 2.24) is 15.2 Å². The lowest BCUT2D eigenvalue weighted by molar-refractivity contribution is -0.119.